The Morgan fingerprint density at radius 3 is 2.73 bits per heavy atom. The van der Waals surface area contributed by atoms with E-state index < -0.39 is 35.0 Å². The molecule has 0 saturated carbocycles. The number of allylic oxidation sites excluding steroid dienone is 1. The van der Waals surface area contributed by atoms with Gasteiger partial charge in [0.1, 0.15) is 53.3 Å². The number of imidazole rings is 1. The van der Waals surface area contributed by atoms with Gasteiger partial charge in [0.2, 0.25) is 11.8 Å². The molecule has 0 spiro atoms. The average Bonchev–Trinajstić information content (AvgIpc) is 3.74. The van der Waals surface area contributed by atoms with E-state index in [1.165, 1.54) is 46.3 Å². The monoisotopic (exact) mass is 659 g/mol. The molecule has 48 heavy (non-hydrogen) atoms. The Morgan fingerprint density at radius 2 is 1.98 bits per heavy atom. The Labute approximate surface area is 272 Å². The summed E-state index contributed by atoms with van der Waals surface area (Å²) < 4.78 is 39.5. The van der Waals surface area contributed by atoms with Gasteiger partial charge in [-0.15, -0.1) is 0 Å². The summed E-state index contributed by atoms with van der Waals surface area (Å²) in [7, 11) is 3.21. The highest BCUT2D eigenvalue weighted by molar-refractivity contribution is 5.99. The van der Waals surface area contributed by atoms with Crippen LogP contribution in [0.15, 0.2) is 88.6 Å². The van der Waals surface area contributed by atoms with E-state index in [4.69, 9.17) is 9.15 Å². The number of pyridine rings is 1. The molecule has 0 aliphatic carbocycles. The Bertz CT molecular complexity index is 2020. The first kappa shape index (κ1) is 33.2. The molecule has 15 heteroatoms. The van der Waals surface area contributed by atoms with E-state index in [-0.39, 0.29) is 49.0 Å². The van der Waals surface area contributed by atoms with Gasteiger partial charge in [-0.1, -0.05) is 12.1 Å². The van der Waals surface area contributed by atoms with Crippen molar-refractivity contribution in [2.24, 2.45) is 0 Å². The van der Waals surface area contributed by atoms with E-state index in [9.17, 15) is 28.0 Å². The summed E-state index contributed by atoms with van der Waals surface area (Å²) in [6, 6.07) is 10.3. The lowest BCUT2D eigenvalue weighted by Gasteiger charge is -2.17. The molecule has 3 heterocycles. The second kappa shape index (κ2) is 15.0. The van der Waals surface area contributed by atoms with Gasteiger partial charge in [-0.25, -0.2) is 18.7 Å². The van der Waals surface area contributed by atoms with Crippen LogP contribution in [0, 0.1) is 11.6 Å². The predicted molar refractivity (Wildman–Crippen MR) is 170 cm³/mol. The molecule has 0 bridgehead atoms. The fourth-order valence-corrected chi connectivity index (χ4v) is 4.60. The number of halogens is 2. The highest BCUT2D eigenvalue weighted by Crippen LogP contribution is 2.25. The number of hydrogen-bond acceptors (Lipinski definition) is 8. The summed E-state index contributed by atoms with van der Waals surface area (Å²) in [5, 5.41) is 5.15. The molecular formula is C33H31F2N7O6. The van der Waals surface area contributed by atoms with E-state index in [0.29, 0.717) is 22.6 Å². The van der Waals surface area contributed by atoms with Gasteiger partial charge in [0.25, 0.3) is 11.4 Å². The maximum absolute atomic E-state index is 14.1. The van der Waals surface area contributed by atoms with Gasteiger partial charge in [-0.2, -0.15) is 0 Å². The van der Waals surface area contributed by atoms with Crippen molar-refractivity contribution in [2.45, 2.75) is 32.0 Å². The van der Waals surface area contributed by atoms with E-state index in [1.807, 2.05) is 0 Å². The number of oxazole rings is 1. The number of fused-ring (bicyclic) bond motifs is 1. The smallest absolute Gasteiger partial charge is 0.307 e. The summed E-state index contributed by atoms with van der Waals surface area (Å²) in [5.41, 5.74) is 0.635. The third-order valence-electron chi connectivity index (χ3n) is 7.09. The largest absolute Gasteiger partial charge is 0.486 e. The first-order valence-corrected chi connectivity index (χ1v) is 14.7. The molecule has 1 unspecified atom stereocenters. The van der Waals surface area contributed by atoms with Gasteiger partial charge in [-0.05, 0) is 55.3 Å². The number of amides is 3. The van der Waals surface area contributed by atoms with Crippen LogP contribution >= 0.6 is 0 Å². The number of para-hydroxylation sites is 1. The number of likely N-dealkylation sites (N-methyl/N-ethyl adjacent to an activating group) is 1. The first-order valence-electron chi connectivity index (χ1n) is 14.7. The summed E-state index contributed by atoms with van der Waals surface area (Å²) in [6.07, 6.45) is 7.34. The molecule has 0 fully saturated rings. The molecule has 0 aliphatic heterocycles. The zero-order chi connectivity index (χ0) is 34.2. The number of ether oxygens (including phenoxy) is 1. The third kappa shape index (κ3) is 8.17. The van der Waals surface area contributed by atoms with Crippen LogP contribution in [0.5, 0.6) is 5.75 Å². The maximum Gasteiger partial charge on any atom is 0.307 e. The average molecular weight is 660 g/mol. The van der Waals surface area contributed by atoms with Crippen molar-refractivity contribution in [1.29, 1.82) is 0 Å². The van der Waals surface area contributed by atoms with Crippen molar-refractivity contribution in [2.75, 3.05) is 19.4 Å². The molecule has 3 N–H and O–H groups in total. The number of carbonyl (C=O) groups excluding carboxylic acids is 3. The van der Waals surface area contributed by atoms with Gasteiger partial charge in [0.05, 0.1) is 18.3 Å². The minimum absolute atomic E-state index is 0.00171. The van der Waals surface area contributed by atoms with Crippen LogP contribution in [0.25, 0.3) is 11.0 Å². The van der Waals surface area contributed by atoms with Crippen molar-refractivity contribution in [3.8, 4) is 5.75 Å². The van der Waals surface area contributed by atoms with Gasteiger partial charge >= 0.3 is 5.91 Å². The van der Waals surface area contributed by atoms with Crippen molar-refractivity contribution in [3.05, 3.63) is 119 Å². The summed E-state index contributed by atoms with van der Waals surface area (Å²) in [4.78, 5) is 64.1. The van der Waals surface area contributed by atoms with Crippen LogP contribution in [-0.4, -0.2) is 62.3 Å². The lowest BCUT2D eigenvalue weighted by Crippen LogP contribution is -2.44. The Morgan fingerprint density at radius 1 is 1.15 bits per heavy atom. The fourth-order valence-electron chi connectivity index (χ4n) is 4.60. The maximum atomic E-state index is 14.1. The number of nitrogens with zero attached hydrogens (tertiary/aromatic N) is 4. The number of rotatable bonds is 13. The van der Waals surface area contributed by atoms with E-state index >= 15 is 0 Å². The highest BCUT2D eigenvalue weighted by Gasteiger charge is 2.24. The van der Waals surface area contributed by atoms with Gasteiger partial charge < -0.3 is 34.2 Å². The topological polar surface area (TPSA) is 164 Å². The number of carbonyl (C=O) groups is 3. The Kier molecular flexibility index (Phi) is 10.4. The zero-order valence-corrected chi connectivity index (χ0v) is 25.9. The quantitative estimate of drug-likeness (QED) is 0.161. The molecule has 5 aromatic rings. The number of nitrogens with one attached hydrogen (secondary N) is 3. The molecule has 2 aromatic carbocycles. The predicted octanol–water partition coefficient (Wildman–Crippen LogP) is 3.78. The number of benzene rings is 2. The molecule has 5 rings (SSSR count). The van der Waals surface area contributed by atoms with Crippen LogP contribution < -0.4 is 20.9 Å². The van der Waals surface area contributed by atoms with Crippen LogP contribution in [-0.2, 0) is 22.7 Å². The number of aromatic nitrogens is 4. The molecule has 0 radical (unpaired) electrons. The highest BCUT2D eigenvalue weighted by atomic mass is 19.1. The summed E-state index contributed by atoms with van der Waals surface area (Å²) >= 11 is 0. The van der Waals surface area contributed by atoms with E-state index in [1.54, 1.807) is 44.4 Å². The second-order valence-electron chi connectivity index (χ2n) is 10.8. The lowest BCUT2D eigenvalue weighted by molar-refractivity contribution is -0.123. The molecule has 13 nitrogen and oxygen atoms in total. The van der Waals surface area contributed by atoms with E-state index in [2.05, 4.69) is 25.6 Å². The second-order valence-corrected chi connectivity index (χ2v) is 10.8. The standard InChI is InChI=1S/C33H31F2N7O6/c1-41(2)28(43)11-4-3-7-24(38-31(45)32-36-14-16-47-32)30(44)39-25-9-6-15-42(33(25)46)18-27-37-23-8-5-10-26(29(23)40-27)48-19-20-12-13-21(34)17-22(20)35/h4-6,8-17,24H,3,7,18-19H2,1-2H3,(H,37,40)(H,38,45)(H,39,44)/b11-4+. The Balaban J connectivity index is 1.29. The minimum atomic E-state index is -1.10. The first-order chi connectivity index (χ1) is 23.1. The molecule has 248 valence electrons. The molecule has 3 aromatic heterocycles. The molecule has 1 atom stereocenters. The van der Waals surface area contributed by atoms with Crippen molar-refractivity contribution >= 4 is 34.4 Å². The van der Waals surface area contributed by atoms with Gasteiger partial charge in [-0.3, -0.25) is 19.2 Å². The minimum Gasteiger partial charge on any atom is -0.486 e. The van der Waals surface area contributed by atoms with Gasteiger partial charge in [0.15, 0.2) is 0 Å². The Hall–Kier alpha value is -6.12. The fraction of sp³-hybridized carbons (Fsp3) is 0.212. The lowest BCUT2D eigenvalue weighted by atomic mass is 10.1. The molecular weight excluding hydrogens is 628 g/mol. The summed E-state index contributed by atoms with van der Waals surface area (Å²) in [5.74, 6) is -2.54. The number of aromatic amines is 1. The van der Waals surface area contributed by atoms with Crippen LogP contribution in [0.4, 0.5) is 14.5 Å². The van der Waals surface area contributed by atoms with Gasteiger partial charge in [0, 0.05) is 31.9 Å². The zero-order valence-electron chi connectivity index (χ0n) is 25.9. The van der Waals surface area contributed by atoms with Crippen LogP contribution in [0.2, 0.25) is 0 Å². The number of H-pyrrole nitrogens is 1. The normalized spacial score (nSPS) is 11.8. The summed E-state index contributed by atoms with van der Waals surface area (Å²) in [6.45, 7) is -0.156. The van der Waals surface area contributed by atoms with E-state index in [0.717, 1.165) is 12.1 Å². The van der Waals surface area contributed by atoms with Crippen molar-refractivity contribution in [1.82, 2.24) is 29.7 Å². The van der Waals surface area contributed by atoms with Crippen molar-refractivity contribution in [3.63, 3.8) is 0 Å². The van der Waals surface area contributed by atoms with Crippen LogP contribution in [0.1, 0.15) is 34.9 Å². The molecule has 0 saturated heterocycles. The SMILES string of the molecule is CN(C)C(=O)/C=C/CCC(NC(=O)c1ncco1)C(=O)Nc1cccn(Cc2nc3c(OCc4ccc(F)cc4F)cccc3[nH]2)c1=O. The van der Waals surface area contributed by atoms with Crippen LogP contribution in [0.3, 0.4) is 0 Å². The number of hydrogen-bond donors (Lipinski definition) is 3. The molecule has 0 aliphatic rings. The van der Waals surface area contributed by atoms with Crippen molar-refractivity contribution < 1.29 is 32.3 Å². The molecule has 3 amide bonds. The number of anilines is 1. The third-order valence-corrected chi connectivity index (χ3v) is 7.09.